The van der Waals surface area contributed by atoms with E-state index >= 15 is 0 Å². The van der Waals surface area contributed by atoms with E-state index in [1.807, 2.05) is 23.6 Å². The second kappa shape index (κ2) is 9.77. The lowest BCUT2D eigenvalue weighted by Crippen LogP contribution is -2.35. The predicted molar refractivity (Wildman–Crippen MR) is 122 cm³/mol. The van der Waals surface area contributed by atoms with Gasteiger partial charge in [0.05, 0.1) is 10.4 Å². The van der Waals surface area contributed by atoms with Gasteiger partial charge in [-0.25, -0.2) is 14.8 Å². The number of carbonyl (C=O) groups is 2. The second-order valence-corrected chi connectivity index (χ2v) is 9.50. The molecule has 0 spiro atoms. The molecule has 0 fully saturated rings. The Labute approximate surface area is 194 Å². The number of aromatic nitrogens is 2. The molecule has 0 saturated carbocycles. The Kier molecular flexibility index (Phi) is 7.30. The van der Waals surface area contributed by atoms with Crippen LogP contribution in [0.3, 0.4) is 0 Å². The summed E-state index contributed by atoms with van der Waals surface area (Å²) >= 11 is 13.5. The molecular weight excluding hydrogens is 457 g/mol. The van der Waals surface area contributed by atoms with Crippen LogP contribution in [0.1, 0.15) is 53.1 Å². The summed E-state index contributed by atoms with van der Waals surface area (Å²) in [5.74, 6) is -0.488. The van der Waals surface area contributed by atoms with Gasteiger partial charge in [-0.1, -0.05) is 35.3 Å². The molecule has 3 aromatic rings. The minimum absolute atomic E-state index is 0.105. The molecule has 0 radical (unpaired) electrons. The van der Waals surface area contributed by atoms with Crippen LogP contribution < -0.4 is 5.32 Å². The average molecular weight is 478 g/mol. The van der Waals surface area contributed by atoms with Crippen molar-refractivity contribution in [2.24, 2.45) is 0 Å². The number of ether oxygens (including phenoxy) is 1. The molecule has 162 valence electrons. The van der Waals surface area contributed by atoms with Gasteiger partial charge in [0.25, 0.3) is 0 Å². The van der Waals surface area contributed by atoms with Gasteiger partial charge in [0.15, 0.2) is 0 Å². The number of hydrogen-bond donors (Lipinski definition) is 1. The number of thiophene rings is 1. The standard InChI is InChI=1S/C22H21Cl2N3O3S/c1-22(2,3)30-21(29)26-10-16(13-5-4-6-15(23)7-13)14-8-18(31-11-14)19(28)17-9-25-12-27-20(17)24/h4-9,11-12,16H,10H2,1-3H3,(H,26,29). The van der Waals surface area contributed by atoms with Gasteiger partial charge in [0.1, 0.15) is 17.1 Å². The SMILES string of the molecule is CC(C)(C)OC(=O)NCC(c1cccc(Cl)c1)c1csc(C(=O)c2cncnc2Cl)c1. The van der Waals surface area contributed by atoms with Crippen LogP contribution in [-0.2, 0) is 4.74 Å². The Hall–Kier alpha value is -2.48. The summed E-state index contributed by atoms with van der Waals surface area (Å²) in [6, 6.07) is 9.18. The molecule has 2 aromatic heterocycles. The minimum atomic E-state index is -0.603. The summed E-state index contributed by atoms with van der Waals surface area (Å²) in [7, 11) is 0. The summed E-state index contributed by atoms with van der Waals surface area (Å²) in [6.45, 7) is 5.68. The number of nitrogens with one attached hydrogen (secondary N) is 1. The number of amides is 1. The Bertz CT molecular complexity index is 1100. The van der Waals surface area contributed by atoms with Crippen LogP contribution in [0.5, 0.6) is 0 Å². The van der Waals surface area contributed by atoms with Gasteiger partial charge >= 0.3 is 6.09 Å². The summed E-state index contributed by atoms with van der Waals surface area (Å²) in [6.07, 6.45) is 2.17. The van der Waals surface area contributed by atoms with E-state index in [2.05, 4.69) is 15.3 Å². The molecule has 2 heterocycles. The maximum Gasteiger partial charge on any atom is 0.407 e. The van der Waals surface area contributed by atoms with Crippen molar-refractivity contribution in [3.8, 4) is 0 Å². The van der Waals surface area contributed by atoms with Crippen LogP contribution in [0.25, 0.3) is 0 Å². The van der Waals surface area contributed by atoms with Gasteiger partial charge < -0.3 is 10.1 Å². The molecule has 9 heteroatoms. The zero-order valence-corrected chi connectivity index (χ0v) is 19.5. The smallest absolute Gasteiger partial charge is 0.407 e. The highest BCUT2D eigenvalue weighted by atomic mass is 35.5. The number of rotatable bonds is 6. The van der Waals surface area contributed by atoms with Crippen molar-refractivity contribution < 1.29 is 14.3 Å². The summed E-state index contributed by atoms with van der Waals surface area (Å²) < 4.78 is 5.34. The first kappa shape index (κ1) is 23.2. The van der Waals surface area contributed by atoms with E-state index in [1.54, 1.807) is 32.9 Å². The zero-order chi connectivity index (χ0) is 22.6. The molecule has 3 rings (SSSR count). The van der Waals surface area contributed by atoms with Crippen molar-refractivity contribution in [2.45, 2.75) is 32.3 Å². The molecule has 0 aliphatic heterocycles. The van der Waals surface area contributed by atoms with E-state index in [-0.39, 0.29) is 29.0 Å². The van der Waals surface area contributed by atoms with E-state index in [9.17, 15) is 9.59 Å². The van der Waals surface area contributed by atoms with Crippen LogP contribution in [0.15, 0.2) is 48.2 Å². The van der Waals surface area contributed by atoms with Crippen molar-refractivity contribution >= 4 is 46.4 Å². The van der Waals surface area contributed by atoms with Gasteiger partial charge in [0.2, 0.25) is 5.78 Å². The maximum absolute atomic E-state index is 12.9. The van der Waals surface area contributed by atoms with E-state index < -0.39 is 11.7 Å². The monoisotopic (exact) mass is 477 g/mol. The fourth-order valence-corrected chi connectivity index (χ4v) is 4.20. The van der Waals surface area contributed by atoms with Crippen molar-refractivity contribution in [3.05, 3.63) is 80.0 Å². The van der Waals surface area contributed by atoms with E-state index in [0.717, 1.165) is 11.1 Å². The number of nitrogens with zero attached hydrogens (tertiary/aromatic N) is 2. The molecule has 6 nitrogen and oxygen atoms in total. The number of alkyl carbamates (subject to hydrolysis) is 1. The summed E-state index contributed by atoms with van der Waals surface area (Å²) in [5.41, 5.74) is 1.40. The first-order valence-electron chi connectivity index (χ1n) is 9.45. The number of benzene rings is 1. The van der Waals surface area contributed by atoms with Gasteiger partial charge in [-0.3, -0.25) is 4.79 Å². The molecule has 1 aromatic carbocycles. The summed E-state index contributed by atoms with van der Waals surface area (Å²) in [4.78, 5) is 33.3. The van der Waals surface area contributed by atoms with Crippen LogP contribution in [0, 0.1) is 0 Å². The highest BCUT2D eigenvalue weighted by molar-refractivity contribution is 7.12. The van der Waals surface area contributed by atoms with Gasteiger partial charge in [-0.05, 0) is 55.5 Å². The van der Waals surface area contributed by atoms with E-state index in [4.69, 9.17) is 27.9 Å². The minimum Gasteiger partial charge on any atom is -0.444 e. The lowest BCUT2D eigenvalue weighted by atomic mass is 9.92. The fourth-order valence-electron chi connectivity index (χ4n) is 2.90. The molecule has 0 aliphatic rings. The highest BCUT2D eigenvalue weighted by Gasteiger charge is 2.23. The van der Waals surface area contributed by atoms with Crippen LogP contribution in [0.2, 0.25) is 10.2 Å². The topological polar surface area (TPSA) is 81.2 Å². The Morgan fingerprint density at radius 1 is 1.19 bits per heavy atom. The van der Waals surface area contributed by atoms with Crippen LogP contribution >= 0.6 is 34.5 Å². The maximum atomic E-state index is 12.9. The zero-order valence-electron chi connectivity index (χ0n) is 17.2. The van der Waals surface area contributed by atoms with Crippen molar-refractivity contribution in [1.82, 2.24) is 15.3 Å². The molecule has 0 aliphatic carbocycles. The first-order valence-corrected chi connectivity index (χ1v) is 11.1. The van der Waals surface area contributed by atoms with E-state index in [0.29, 0.717) is 9.90 Å². The van der Waals surface area contributed by atoms with Gasteiger partial charge in [0, 0.05) is 23.7 Å². The third-order valence-corrected chi connectivity index (χ3v) is 5.74. The molecule has 0 saturated heterocycles. The molecule has 31 heavy (non-hydrogen) atoms. The third kappa shape index (κ3) is 6.26. The Balaban J connectivity index is 1.87. The van der Waals surface area contributed by atoms with Gasteiger partial charge in [-0.15, -0.1) is 11.3 Å². The van der Waals surface area contributed by atoms with Crippen molar-refractivity contribution in [2.75, 3.05) is 6.54 Å². The highest BCUT2D eigenvalue weighted by Crippen LogP contribution is 2.31. The molecule has 1 amide bonds. The summed E-state index contributed by atoms with van der Waals surface area (Å²) in [5, 5.41) is 5.38. The normalized spacial score (nSPS) is 12.3. The molecular formula is C22H21Cl2N3O3S. The van der Waals surface area contributed by atoms with E-state index in [1.165, 1.54) is 23.9 Å². The molecule has 1 unspecified atom stereocenters. The molecule has 1 N–H and O–H groups in total. The van der Waals surface area contributed by atoms with Crippen molar-refractivity contribution in [1.29, 1.82) is 0 Å². The Morgan fingerprint density at radius 3 is 2.65 bits per heavy atom. The molecule has 1 atom stereocenters. The fraction of sp³-hybridized carbons (Fsp3) is 0.273. The number of hydrogen-bond acceptors (Lipinski definition) is 6. The molecule has 0 bridgehead atoms. The third-order valence-electron chi connectivity index (χ3n) is 4.25. The van der Waals surface area contributed by atoms with Crippen LogP contribution in [-0.4, -0.2) is 34.0 Å². The first-order chi connectivity index (χ1) is 14.6. The lowest BCUT2D eigenvalue weighted by molar-refractivity contribution is 0.0526. The largest absolute Gasteiger partial charge is 0.444 e. The second-order valence-electron chi connectivity index (χ2n) is 7.79. The predicted octanol–water partition coefficient (Wildman–Crippen LogP) is 5.73. The Morgan fingerprint density at radius 2 is 1.97 bits per heavy atom. The van der Waals surface area contributed by atoms with Crippen molar-refractivity contribution in [3.63, 3.8) is 0 Å². The average Bonchev–Trinajstić information content (AvgIpc) is 3.16. The quantitative estimate of drug-likeness (QED) is 0.361. The van der Waals surface area contributed by atoms with Crippen LogP contribution in [0.4, 0.5) is 4.79 Å². The number of carbonyl (C=O) groups excluding carboxylic acids is 2. The van der Waals surface area contributed by atoms with Gasteiger partial charge in [-0.2, -0.15) is 0 Å². The number of halogens is 2. The lowest BCUT2D eigenvalue weighted by Gasteiger charge is -2.22. The number of ketones is 1.